The number of hydrogen-bond acceptors (Lipinski definition) is 4. The number of nitrogens with zero attached hydrogens (tertiary/aromatic N) is 2. The van der Waals surface area contributed by atoms with Crippen molar-refractivity contribution in [3.8, 4) is 0 Å². The maximum absolute atomic E-state index is 13.0. The van der Waals surface area contributed by atoms with Crippen LogP contribution in [0.25, 0.3) is 0 Å². The van der Waals surface area contributed by atoms with Crippen LogP contribution in [0.2, 0.25) is 0 Å². The van der Waals surface area contributed by atoms with Crippen molar-refractivity contribution in [2.45, 2.75) is 26.3 Å². The molecule has 6 nitrogen and oxygen atoms in total. The third-order valence-corrected chi connectivity index (χ3v) is 5.25. The van der Waals surface area contributed by atoms with E-state index in [9.17, 15) is 14.4 Å². The molecule has 0 spiro atoms. The van der Waals surface area contributed by atoms with Gasteiger partial charge in [-0.15, -0.1) is 12.4 Å². The van der Waals surface area contributed by atoms with Crippen molar-refractivity contribution in [3.63, 3.8) is 0 Å². The van der Waals surface area contributed by atoms with Crippen LogP contribution >= 0.6 is 12.4 Å². The van der Waals surface area contributed by atoms with Crippen LogP contribution in [0.4, 0.5) is 5.69 Å². The van der Waals surface area contributed by atoms with Crippen LogP contribution in [0.5, 0.6) is 0 Å². The molecule has 2 aliphatic rings. The third-order valence-electron chi connectivity index (χ3n) is 5.25. The Morgan fingerprint density at radius 1 is 1.04 bits per heavy atom. The molecule has 0 radical (unpaired) electrons. The first-order valence-corrected chi connectivity index (χ1v) is 9.02. The highest BCUT2D eigenvalue weighted by molar-refractivity contribution is 6.35. The summed E-state index contributed by atoms with van der Waals surface area (Å²) in [6.07, 6.45) is 0.772. The lowest BCUT2D eigenvalue weighted by atomic mass is 10.0. The summed E-state index contributed by atoms with van der Waals surface area (Å²) < 4.78 is 0. The number of likely N-dealkylation sites (tertiary alicyclic amines) is 1. The minimum atomic E-state index is -0.392. The number of benzene rings is 2. The molecule has 3 amide bonds. The Kier molecular flexibility index (Phi) is 5.28. The molecule has 1 saturated heterocycles. The van der Waals surface area contributed by atoms with Crippen LogP contribution in [-0.2, 0) is 0 Å². The number of amides is 3. The van der Waals surface area contributed by atoms with Gasteiger partial charge in [-0.1, -0.05) is 12.1 Å². The minimum absolute atomic E-state index is 0. The molecule has 2 heterocycles. The summed E-state index contributed by atoms with van der Waals surface area (Å²) in [6, 6.07) is 10.4. The van der Waals surface area contributed by atoms with Crippen LogP contribution < -0.4 is 10.6 Å². The predicted octanol–water partition coefficient (Wildman–Crippen LogP) is 2.70. The number of hydrogen-bond donors (Lipinski definition) is 1. The van der Waals surface area contributed by atoms with Gasteiger partial charge in [0.2, 0.25) is 0 Å². The largest absolute Gasteiger partial charge is 0.337 e. The fraction of sp³-hybridized carbons (Fsp3) is 0.286. The van der Waals surface area contributed by atoms with Crippen molar-refractivity contribution in [2.24, 2.45) is 5.73 Å². The molecule has 2 aromatic rings. The fourth-order valence-electron chi connectivity index (χ4n) is 3.71. The standard InChI is InChI=1S/C21H21N3O3.ClH/c1-12-3-4-13(2)18(9-12)24-20(26)16-6-5-14(10-17(16)21(24)27)19(25)23-8-7-15(22)11-23;/h3-6,9-10,15H,7-8,11,22H2,1-2H3;1H/t15-;/m1./s1. The quantitative estimate of drug-likeness (QED) is 0.787. The van der Waals surface area contributed by atoms with Crippen LogP contribution in [0.15, 0.2) is 36.4 Å². The highest BCUT2D eigenvalue weighted by atomic mass is 35.5. The first-order chi connectivity index (χ1) is 12.9. The Balaban J connectivity index is 0.00000225. The smallest absolute Gasteiger partial charge is 0.266 e. The highest BCUT2D eigenvalue weighted by Crippen LogP contribution is 2.32. The zero-order valence-electron chi connectivity index (χ0n) is 15.8. The normalized spacial score (nSPS) is 18.3. The van der Waals surface area contributed by atoms with Gasteiger partial charge in [0.05, 0.1) is 16.8 Å². The van der Waals surface area contributed by atoms with Gasteiger partial charge in [0.1, 0.15) is 0 Å². The third kappa shape index (κ3) is 3.19. The molecule has 7 heteroatoms. The van der Waals surface area contributed by atoms with Crippen molar-refractivity contribution >= 4 is 35.8 Å². The number of carbonyl (C=O) groups excluding carboxylic acids is 3. The van der Waals surface area contributed by atoms with E-state index in [0.29, 0.717) is 29.9 Å². The zero-order chi connectivity index (χ0) is 19.3. The molecule has 2 aromatic carbocycles. The molecule has 28 heavy (non-hydrogen) atoms. The summed E-state index contributed by atoms with van der Waals surface area (Å²) >= 11 is 0. The maximum atomic E-state index is 13.0. The lowest BCUT2D eigenvalue weighted by Crippen LogP contribution is -2.32. The minimum Gasteiger partial charge on any atom is -0.337 e. The summed E-state index contributed by atoms with van der Waals surface area (Å²) in [5.74, 6) is -0.904. The second kappa shape index (κ2) is 7.37. The molecule has 2 N–H and O–H groups in total. The van der Waals surface area contributed by atoms with Crippen LogP contribution in [-0.4, -0.2) is 41.8 Å². The first-order valence-electron chi connectivity index (χ1n) is 9.02. The number of anilines is 1. The summed E-state index contributed by atoms with van der Waals surface area (Å²) in [7, 11) is 0. The number of fused-ring (bicyclic) bond motifs is 1. The van der Waals surface area contributed by atoms with Crippen molar-refractivity contribution in [2.75, 3.05) is 18.0 Å². The monoisotopic (exact) mass is 399 g/mol. The number of nitrogens with two attached hydrogens (primary N) is 1. The van der Waals surface area contributed by atoms with Gasteiger partial charge in [-0.05, 0) is 55.7 Å². The van der Waals surface area contributed by atoms with E-state index in [2.05, 4.69) is 0 Å². The van der Waals surface area contributed by atoms with E-state index in [1.54, 1.807) is 17.0 Å². The average Bonchev–Trinajstić information content (AvgIpc) is 3.19. The topological polar surface area (TPSA) is 83.7 Å². The molecule has 0 aromatic heterocycles. The van der Waals surface area contributed by atoms with Crippen molar-refractivity contribution in [1.82, 2.24) is 4.90 Å². The maximum Gasteiger partial charge on any atom is 0.266 e. The molecular formula is C21H22ClN3O3. The molecule has 2 aliphatic heterocycles. The number of imide groups is 1. The van der Waals surface area contributed by atoms with Crippen molar-refractivity contribution in [3.05, 3.63) is 64.2 Å². The summed E-state index contributed by atoms with van der Waals surface area (Å²) in [5, 5.41) is 0. The van der Waals surface area contributed by atoms with Gasteiger partial charge in [0, 0.05) is 24.7 Å². The number of carbonyl (C=O) groups is 3. The van der Waals surface area contributed by atoms with E-state index in [1.165, 1.54) is 11.0 Å². The SMILES string of the molecule is Cc1ccc(C)c(N2C(=O)c3ccc(C(=O)N4CC[C@@H](N)C4)cc3C2=O)c1.Cl. The summed E-state index contributed by atoms with van der Waals surface area (Å²) in [4.78, 5) is 41.4. The van der Waals surface area contributed by atoms with Crippen LogP contribution in [0, 0.1) is 13.8 Å². The fourth-order valence-corrected chi connectivity index (χ4v) is 3.71. The van der Waals surface area contributed by atoms with Crippen LogP contribution in [0.1, 0.15) is 48.6 Å². The van der Waals surface area contributed by atoms with Gasteiger partial charge in [-0.3, -0.25) is 14.4 Å². The summed E-state index contributed by atoms with van der Waals surface area (Å²) in [6.45, 7) is 4.90. The average molecular weight is 400 g/mol. The molecule has 4 rings (SSSR count). The van der Waals surface area contributed by atoms with E-state index >= 15 is 0 Å². The molecular weight excluding hydrogens is 378 g/mol. The first kappa shape index (κ1) is 20.0. The van der Waals surface area contributed by atoms with E-state index in [4.69, 9.17) is 5.73 Å². The Hall–Kier alpha value is -2.70. The van der Waals surface area contributed by atoms with E-state index in [1.807, 2.05) is 32.0 Å². The lowest BCUT2D eigenvalue weighted by Gasteiger charge is -2.17. The van der Waals surface area contributed by atoms with E-state index in [-0.39, 0.29) is 35.8 Å². The van der Waals surface area contributed by atoms with Gasteiger partial charge < -0.3 is 10.6 Å². The lowest BCUT2D eigenvalue weighted by molar-refractivity contribution is 0.0790. The Morgan fingerprint density at radius 2 is 1.75 bits per heavy atom. The van der Waals surface area contributed by atoms with Gasteiger partial charge in [0.25, 0.3) is 17.7 Å². The molecule has 1 fully saturated rings. The highest BCUT2D eigenvalue weighted by Gasteiger charge is 2.38. The zero-order valence-corrected chi connectivity index (χ0v) is 16.6. The van der Waals surface area contributed by atoms with Crippen molar-refractivity contribution in [1.29, 1.82) is 0 Å². The second-order valence-corrected chi connectivity index (χ2v) is 7.30. The van der Waals surface area contributed by atoms with Gasteiger partial charge >= 0.3 is 0 Å². The van der Waals surface area contributed by atoms with E-state index < -0.39 is 5.91 Å². The van der Waals surface area contributed by atoms with Gasteiger partial charge in [-0.25, -0.2) is 4.90 Å². The Morgan fingerprint density at radius 3 is 2.43 bits per heavy atom. The number of aryl methyl sites for hydroxylation is 2. The molecule has 0 saturated carbocycles. The molecule has 0 unspecified atom stereocenters. The molecule has 0 bridgehead atoms. The summed E-state index contributed by atoms with van der Waals surface area (Å²) in [5.41, 5.74) is 9.29. The van der Waals surface area contributed by atoms with Crippen molar-refractivity contribution < 1.29 is 14.4 Å². The number of halogens is 1. The molecule has 0 aliphatic carbocycles. The van der Waals surface area contributed by atoms with E-state index in [0.717, 1.165) is 17.5 Å². The molecule has 146 valence electrons. The van der Waals surface area contributed by atoms with Gasteiger partial charge in [-0.2, -0.15) is 0 Å². The Labute approximate surface area is 169 Å². The number of rotatable bonds is 2. The van der Waals surface area contributed by atoms with Crippen LogP contribution in [0.3, 0.4) is 0 Å². The molecule has 1 atom stereocenters. The second-order valence-electron chi connectivity index (χ2n) is 7.30. The Bertz CT molecular complexity index is 989. The van der Waals surface area contributed by atoms with Gasteiger partial charge in [0.15, 0.2) is 0 Å². The predicted molar refractivity (Wildman–Crippen MR) is 109 cm³/mol.